The van der Waals surface area contributed by atoms with Gasteiger partial charge in [-0.05, 0) is 43.5 Å². The van der Waals surface area contributed by atoms with Crippen molar-refractivity contribution >= 4 is 21.9 Å². The van der Waals surface area contributed by atoms with Crippen molar-refractivity contribution in [3.63, 3.8) is 0 Å². The second-order valence-electron chi connectivity index (χ2n) is 6.27. The van der Waals surface area contributed by atoms with E-state index in [2.05, 4.69) is 5.32 Å². The smallest absolute Gasteiger partial charge is 0.338 e. The van der Waals surface area contributed by atoms with E-state index in [1.165, 1.54) is 28.6 Å². The summed E-state index contributed by atoms with van der Waals surface area (Å²) in [7, 11) is -3.53. The number of nitrogens with zero attached hydrogens (tertiary/aromatic N) is 1. The maximum absolute atomic E-state index is 12.6. The van der Waals surface area contributed by atoms with Gasteiger partial charge in [-0.1, -0.05) is 19.8 Å². The first-order valence-corrected chi connectivity index (χ1v) is 10.4. The number of amides is 1. The van der Waals surface area contributed by atoms with Crippen LogP contribution in [0.4, 0.5) is 0 Å². The summed E-state index contributed by atoms with van der Waals surface area (Å²) in [6.07, 6.45) is 4.61. The Bertz CT molecular complexity index is 710. The normalized spacial score (nSPS) is 15.4. The van der Waals surface area contributed by atoms with E-state index in [-0.39, 0.29) is 23.0 Å². The van der Waals surface area contributed by atoms with Gasteiger partial charge >= 0.3 is 5.97 Å². The van der Waals surface area contributed by atoms with E-state index >= 15 is 0 Å². The predicted molar refractivity (Wildman–Crippen MR) is 97.3 cm³/mol. The van der Waals surface area contributed by atoms with Crippen molar-refractivity contribution in [3.8, 4) is 0 Å². The van der Waals surface area contributed by atoms with Gasteiger partial charge in [-0.3, -0.25) is 4.79 Å². The number of unbranched alkanes of at least 4 members (excludes halogenated alkanes) is 1. The zero-order chi connectivity index (χ0) is 19.0. The highest BCUT2D eigenvalue weighted by atomic mass is 32.2. The lowest BCUT2D eigenvalue weighted by atomic mass is 10.2. The fourth-order valence-electron chi connectivity index (χ4n) is 2.69. The number of rotatable bonds is 8. The first-order valence-electron chi connectivity index (χ1n) is 8.99. The number of benzene rings is 1. The molecule has 1 amide bonds. The van der Waals surface area contributed by atoms with Crippen molar-refractivity contribution < 1.29 is 22.7 Å². The maximum Gasteiger partial charge on any atom is 0.338 e. The Kier molecular flexibility index (Phi) is 7.59. The van der Waals surface area contributed by atoms with Crippen LogP contribution in [0.1, 0.15) is 49.4 Å². The molecule has 2 rings (SSSR count). The summed E-state index contributed by atoms with van der Waals surface area (Å²) in [5.41, 5.74) is 0.212. The van der Waals surface area contributed by atoms with E-state index in [0.29, 0.717) is 19.6 Å². The van der Waals surface area contributed by atoms with E-state index in [0.717, 1.165) is 32.1 Å². The van der Waals surface area contributed by atoms with Gasteiger partial charge in [0.05, 0.1) is 10.5 Å². The molecule has 0 radical (unpaired) electrons. The molecule has 1 saturated heterocycles. The average Bonchev–Trinajstić information content (AvgIpc) is 2.67. The molecule has 0 spiro atoms. The molecule has 7 nitrogen and oxygen atoms in total. The highest BCUT2D eigenvalue weighted by molar-refractivity contribution is 7.89. The quantitative estimate of drug-likeness (QED) is 0.548. The lowest BCUT2D eigenvalue weighted by molar-refractivity contribution is -0.124. The minimum Gasteiger partial charge on any atom is -0.452 e. The molecule has 0 aliphatic carbocycles. The molecule has 1 aliphatic rings. The lowest BCUT2D eigenvalue weighted by Gasteiger charge is -2.25. The molecular formula is C18H26N2O5S. The van der Waals surface area contributed by atoms with Gasteiger partial charge in [0, 0.05) is 19.6 Å². The van der Waals surface area contributed by atoms with Crippen LogP contribution in [0.2, 0.25) is 0 Å². The summed E-state index contributed by atoms with van der Waals surface area (Å²) in [4.78, 5) is 23.7. The van der Waals surface area contributed by atoms with Gasteiger partial charge in [-0.25, -0.2) is 13.2 Å². The Morgan fingerprint density at radius 2 is 1.77 bits per heavy atom. The third-order valence-electron chi connectivity index (χ3n) is 4.23. The molecule has 144 valence electrons. The Balaban J connectivity index is 1.91. The summed E-state index contributed by atoms with van der Waals surface area (Å²) in [5.74, 6) is -1.01. The van der Waals surface area contributed by atoms with Crippen LogP contribution in [0.3, 0.4) is 0 Å². The molecule has 0 saturated carbocycles. The first-order chi connectivity index (χ1) is 12.4. The third-order valence-corrected chi connectivity index (χ3v) is 6.14. The number of esters is 1. The summed E-state index contributed by atoms with van der Waals surface area (Å²) >= 11 is 0. The van der Waals surface area contributed by atoms with Gasteiger partial charge in [-0.2, -0.15) is 4.31 Å². The number of hydrogen-bond acceptors (Lipinski definition) is 5. The summed E-state index contributed by atoms with van der Waals surface area (Å²) in [6.45, 7) is 3.27. The number of piperidine rings is 1. The molecular weight excluding hydrogens is 356 g/mol. The van der Waals surface area contributed by atoms with Crippen molar-refractivity contribution in [1.82, 2.24) is 9.62 Å². The van der Waals surface area contributed by atoms with Crippen LogP contribution in [0.25, 0.3) is 0 Å². The second kappa shape index (κ2) is 9.68. The van der Waals surface area contributed by atoms with Crippen molar-refractivity contribution in [3.05, 3.63) is 29.8 Å². The van der Waals surface area contributed by atoms with Crippen LogP contribution in [0.5, 0.6) is 0 Å². The zero-order valence-corrected chi connectivity index (χ0v) is 15.9. The van der Waals surface area contributed by atoms with Gasteiger partial charge in [0.2, 0.25) is 10.0 Å². The zero-order valence-electron chi connectivity index (χ0n) is 15.1. The standard InChI is InChI=1S/C18H26N2O5S/c1-2-3-11-19-17(21)14-25-18(22)15-7-9-16(10-8-15)26(23,24)20-12-5-4-6-13-20/h7-10H,2-6,11-14H2,1H3,(H,19,21). The highest BCUT2D eigenvalue weighted by Crippen LogP contribution is 2.21. The van der Waals surface area contributed by atoms with Crippen LogP contribution in [0, 0.1) is 0 Å². The monoisotopic (exact) mass is 382 g/mol. The van der Waals surface area contributed by atoms with Crippen LogP contribution in [0.15, 0.2) is 29.2 Å². The van der Waals surface area contributed by atoms with Crippen molar-refractivity contribution in [2.75, 3.05) is 26.2 Å². The molecule has 26 heavy (non-hydrogen) atoms. The molecule has 1 N–H and O–H groups in total. The third kappa shape index (κ3) is 5.54. The molecule has 0 bridgehead atoms. The molecule has 0 atom stereocenters. The number of sulfonamides is 1. The minimum atomic E-state index is -3.53. The van der Waals surface area contributed by atoms with Crippen LogP contribution in [-0.4, -0.2) is 50.8 Å². The van der Waals surface area contributed by atoms with E-state index < -0.39 is 16.0 Å². The number of carbonyl (C=O) groups excluding carboxylic acids is 2. The van der Waals surface area contributed by atoms with Gasteiger partial charge in [0.1, 0.15) is 0 Å². The van der Waals surface area contributed by atoms with E-state index in [4.69, 9.17) is 4.74 Å². The van der Waals surface area contributed by atoms with E-state index in [9.17, 15) is 18.0 Å². The molecule has 1 aliphatic heterocycles. The van der Waals surface area contributed by atoms with Gasteiger partial charge in [-0.15, -0.1) is 0 Å². The fourth-order valence-corrected chi connectivity index (χ4v) is 4.20. The van der Waals surface area contributed by atoms with E-state index in [1.54, 1.807) is 0 Å². The van der Waals surface area contributed by atoms with Crippen molar-refractivity contribution in [2.45, 2.75) is 43.9 Å². The molecule has 1 heterocycles. The van der Waals surface area contributed by atoms with Crippen LogP contribution < -0.4 is 5.32 Å². The van der Waals surface area contributed by atoms with Crippen LogP contribution in [-0.2, 0) is 19.6 Å². The summed E-state index contributed by atoms with van der Waals surface area (Å²) < 4.78 is 31.6. The molecule has 1 aromatic rings. The van der Waals surface area contributed by atoms with Crippen molar-refractivity contribution in [1.29, 1.82) is 0 Å². The molecule has 1 aromatic carbocycles. The maximum atomic E-state index is 12.6. The largest absolute Gasteiger partial charge is 0.452 e. The number of nitrogens with one attached hydrogen (secondary N) is 1. The Morgan fingerprint density at radius 3 is 2.38 bits per heavy atom. The fraction of sp³-hybridized carbons (Fsp3) is 0.556. The molecule has 1 fully saturated rings. The predicted octanol–water partition coefficient (Wildman–Crippen LogP) is 1.93. The van der Waals surface area contributed by atoms with Gasteiger partial charge < -0.3 is 10.1 Å². The van der Waals surface area contributed by atoms with Crippen molar-refractivity contribution in [2.24, 2.45) is 0 Å². The Morgan fingerprint density at radius 1 is 1.12 bits per heavy atom. The molecule has 0 aromatic heterocycles. The number of carbonyl (C=O) groups is 2. The lowest BCUT2D eigenvalue weighted by Crippen LogP contribution is -2.35. The minimum absolute atomic E-state index is 0.160. The van der Waals surface area contributed by atoms with E-state index in [1.807, 2.05) is 6.92 Å². The van der Waals surface area contributed by atoms with Gasteiger partial charge in [0.15, 0.2) is 6.61 Å². The highest BCUT2D eigenvalue weighted by Gasteiger charge is 2.26. The second-order valence-corrected chi connectivity index (χ2v) is 8.21. The molecule has 0 unspecified atom stereocenters. The molecule has 8 heteroatoms. The Labute approximate surface area is 154 Å². The summed E-state index contributed by atoms with van der Waals surface area (Å²) in [5, 5.41) is 2.65. The topological polar surface area (TPSA) is 92.8 Å². The average molecular weight is 382 g/mol. The first kappa shape index (κ1) is 20.4. The Hall–Kier alpha value is -1.93. The van der Waals surface area contributed by atoms with Crippen LogP contribution >= 0.6 is 0 Å². The van der Waals surface area contributed by atoms with Gasteiger partial charge in [0.25, 0.3) is 5.91 Å². The number of ether oxygens (including phenoxy) is 1. The SMILES string of the molecule is CCCCNC(=O)COC(=O)c1ccc(S(=O)(=O)N2CCCCC2)cc1. The summed E-state index contributed by atoms with van der Waals surface area (Å²) in [6, 6.07) is 5.63. The number of hydrogen-bond donors (Lipinski definition) is 1.